The fourth-order valence-corrected chi connectivity index (χ4v) is 0.747. The number of hydrogen-bond donors (Lipinski definition) is 1. The summed E-state index contributed by atoms with van der Waals surface area (Å²) >= 11 is 0. The Labute approximate surface area is 68.9 Å². The smallest absolute Gasteiger partial charge is 0.113 e. The molecule has 1 unspecified atom stereocenters. The van der Waals surface area contributed by atoms with Gasteiger partial charge in [-0.25, -0.2) is 0 Å². The summed E-state index contributed by atoms with van der Waals surface area (Å²) in [6.45, 7) is 4.51. The molecule has 0 aliphatic carbocycles. The van der Waals surface area contributed by atoms with Crippen molar-refractivity contribution in [3.63, 3.8) is 0 Å². The normalized spacial score (nSPS) is 13.7. The van der Waals surface area contributed by atoms with Gasteiger partial charge >= 0.3 is 0 Å². The van der Waals surface area contributed by atoms with Crippen LogP contribution >= 0.6 is 0 Å². The van der Waals surface area contributed by atoms with E-state index in [1.165, 1.54) is 0 Å². The minimum absolute atomic E-state index is 0.304. The molecule has 0 aromatic heterocycles. The molecular weight excluding hydrogens is 140 g/mol. The molecular formula is C9H18O2. The van der Waals surface area contributed by atoms with Gasteiger partial charge in [0.25, 0.3) is 0 Å². The lowest BCUT2D eigenvalue weighted by molar-refractivity contribution is 0.0772. The van der Waals surface area contributed by atoms with E-state index < -0.39 is 0 Å². The molecule has 0 fully saturated rings. The van der Waals surface area contributed by atoms with Crippen LogP contribution in [-0.4, -0.2) is 17.8 Å². The Morgan fingerprint density at radius 2 is 2.18 bits per heavy atom. The van der Waals surface area contributed by atoms with E-state index in [9.17, 15) is 5.11 Å². The lowest BCUT2D eigenvalue weighted by Gasteiger charge is -2.07. The molecule has 1 atom stereocenters. The zero-order valence-corrected chi connectivity index (χ0v) is 7.42. The molecule has 0 saturated carbocycles. The highest BCUT2D eigenvalue weighted by molar-refractivity contribution is 4.71. The standard InChI is InChI=1S/C9H18O2/c1-3-5-7-11-8-9(10)6-4-2/h5,7,9-10H,3-4,6,8H2,1-2H3/b7-5+. The van der Waals surface area contributed by atoms with Gasteiger partial charge in [0.1, 0.15) is 6.61 Å². The molecule has 0 spiro atoms. The van der Waals surface area contributed by atoms with Gasteiger partial charge in [-0.05, 0) is 12.8 Å². The molecule has 0 aliphatic heterocycles. The van der Waals surface area contributed by atoms with Crippen molar-refractivity contribution in [3.05, 3.63) is 12.3 Å². The third-order valence-electron chi connectivity index (χ3n) is 1.34. The van der Waals surface area contributed by atoms with E-state index >= 15 is 0 Å². The van der Waals surface area contributed by atoms with Gasteiger partial charge in [0, 0.05) is 0 Å². The van der Waals surface area contributed by atoms with Crippen LogP contribution in [0.2, 0.25) is 0 Å². The van der Waals surface area contributed by atoms with Crippen LogP contribution in [-0.2, 0) is 4.74 Å². The maximum absolute atomic E-state index is 9.19. The van der Waals surface area contributed by atoms with Crippen LogP contribution in [0, 0.1) is 0 Å². The first-order valence-electron chi connectivity index (χ1n) is 4.25. The fraction of sp³-hybridized carbons (Fsp3) is 0.778. The van der Waals surface area contributed by atoms with Gasteiger partial charge in [0.2, 0.25) is 0 Å². The Morgan fingerprint density at radius 1 is 1.45 bits per heavy atom. The van der Waals surface area contributed by atoms with E-state index in [0.717, 1.165) is 19.3 Å². The van der Waals surface area contributed by atoms with Crippen LogP contribution in [0.3, 0.4) is 0 Å². The van der Waals surface area contributed by atoms with Crippen LogP contribution in [0.1, 0.15) is 33.1 Å². The Bertz CT molecular complexity index is 99.7. The monoisotopic (exact) mass is 158 g/mol. The van der Waals surface area contributed by atoms with E-state index in [4.69, 9.17) is 4.74 Å². The molecule has 0 radical (unpaired) electrons. The van der Waals surface area contributed by atoms with E-state index in [0.29, 0.717) is 6.61 Å². The van der Waals surface area contributed by atoms with Gasteiger partial charge in [-0.2, -0.15) is 0 Å². The van der Waals surface area contributed by atoms with Crippen molar-refractivity contribution in [3.8, 4) is 0 Å². The van der Waals surface area contributed by atoms with Crippen molar-refractivity contribution in [2.24, 2.45) is 0 Å². The molecule has 11 heavy (non-hydrogen) atoms. The van der Waals surface area contributed by atoms with E-state index in [-0.39, 0.29) is 6.10 Å². The first-order chi connectivity index (χ1) is 5.31. The van der Waals surface area contributed by atoms with Gasteiger partial charge in [-0.1, -0.05) is 26.3 Å². The quantitative estimate of drug-likeness (QED) is 0.600. The Hall–Kier alpha value is -0.500. The predicted octanol–water partition coefficient (Wildman–Crippen LogP) is 2.09. The molecule has 0 amide bonds. The first-order valence-corrected chi connectivity index (χ1v) is 4.25. The number of rotatable bonds is 6. The van der Waals surface area contributed by atoms with E-state index in [1.54, 1.807) is 6.26 Å². The molecule has 0 saturated heterocycles. The Kier molecular flexibility index (Phi) is 7.26. The zero-order valence-electron chi connectivity index (χ0n) is 7.42. The third kappa shape index (κ3) is 7.40. The lowest BCUT2D eigenvalue weighted by atomic mass is 10.2. The molecule has 0 heterocycles. The summed E-state index contributed by atoms with van der Waals surface area (Å²) in [5.74, 6) is 0. The van der Waals surface area contributed by atoms with Gasteiger partial charge in [0.05, 0.1) is 12.4 Å². The first kappa shape index (κ1) is 10.5. The Balaban J connectivity index is 3.16. The predicted molar refractivity (Wildman–Crippen MR) is 46.3 cm³/mol. The van der Waals surface area contributed by atoms with Crippen LogP contribution in [0.25, 0.3) is 0 Å². The maximum atomic E-state index is 9.19. The molecule has 0 aromatic rings. The number of aliphatic hydroxyl groups is 1. The highest BCUT2D eigenvalue weighted by Crippen LogP contribution is 1.96. The molecule has 66 valence electrons. The van der Waals surface area contributed by atoms with Gasteiger partial charge < -0.3 is 9.84 Å². The highest BCUT2D eigenvalue weighted by Gasteiger charge is 1.99. The van der Waals surface area contributed by atoms with Gasteiger partial charge in [-0.15, -0.1) is 0 Å². The highest BCUT2D eigenvalue weighted by atomic mass is 16.5. The SMILES string of the molecule is CC/C=C/OCC(O)CCC. The summed E-state index contributed by atoms with van der Waals surface area (Å²) in [5, 5.41) is 9.19. The number of allylic oxidation sites excluding steroid dienone is 1. The third-order valence-corrected chi connectivity index (χ3v) is 1.34. The average Bonchev–Trinajstić information content (AvgIpc) is 1.99. The van der Waals surface area contributed by atoms with Crippen LogP contribution in [0.15, 0.2) is 12.3 Å². The number of aliphatic hydroxyl groups excluding tert-OH is 1. The van der Waals surface area contributed by atoms with E-state index in [2.05, 4.69) is 0 Å². The van der Waals surface area contributed by atoms with Gasteiger partial charge in [-0.3, -0.25) is 0 Å². The topological polar surface area (TPSA) is 29.5 Å². The molecule has 2 nitrogen and oxygen atoms in total. The largest absolute Gasteiger partial charge is 0.499 e. The minimum atomic E-state index is -0.304. The summed E-state index contributed by atoms with van der Waals surface area (Å²) in [4.78, 5) is 0. The van der Waals surface area contributed by atoms with Crippen molar-refractivity contribution in [2.45, 2.75) is 39.2 Å². The van der Waals surface area contributed by atoms with Crippen molar-refractivity contribution < 1.29 is 9.84 Å². The maximum Gasteiger partial charge on any atom is 0.113 e. The molecule has 0 aliphatic rings. The fourth-order valence-electron chi connectivity index (χ4n) is 0.747. The molecule has 0 rings (SSSR count). The van der Waals surface area contributed by atoms with Gasteiger partial charge in [0.15, 0.2) is 0 Å². The summed E-state index contributed by atoms with van der Waals surface area (Å²) in [6, 6.07) is 0. The van der Waals surface area contributed by atoms with Crippen LogP contribution in [0.4, 0.5) is 0 Å². The second-order valence-electron chi connectivity index (χ2n) is 2.56. The average molecular weight is 158 g/mol. The Morgan fingerprint density at radius 3 is 2.73 bits per heavy atom. The van der Waals surface area contributed by atoms with Crippen LogP contribution < -0.4 is 0 Å². The minimum Gasteiger partial charge on any atom is -0.499 e. The van der Waals surface area contributed by atoms with Crippen molar-refractivity contribution in [1.82, 2.24) is 0 Å². The lowest BCUT2D eigenvalue weighted by Crippen LogP contribution is -2.12. The van der Waals surface area contributed by atoms with E-state index in [1.807, 2.05) is 19.9 Å². The van der Waals surface area contributed by atoms with Crippen molar-refractivity contribution >= 4 is 0 Å². The van der Waals surface area contributed by atoms with Crippen LogP contribution in [0.5, 0.6) is 0 Å². The zero-order chi connectivity index (χ0) is 8.53. The number of hydrogen-bond acceptors (Lipinski definition) is 2. The summed E-state index contributed by atoms with van der Waals surface area (Å²) in [6.07, 6.45) is 6.07. The molecule has 0 aromatic carbocycles. The van der Waals surface area contributed by atoms with Crippen molar-refractivity contribution in [1.29, 1.82) is 0 Å². The second kappa shape index (κ2) is 7.61. The molecule has 0 bridgehead atoms. The molecule has 2 heteroatoms. The summed E-state index contributed by atoms with van der Waals surface area (Å²) in [5.41, 5.74) is 0. The summed E-state index contributed by atoms with van der Waals surface area (Å²) in [7, 11) is 0. The molecule has 1 N–H and O–H groups in total. The van der Waals surface area contributed by atoms with Crippen molar-refractivity contribution in [2.75, 3.05) is 6.61 Å². The second-order valence-corrected chi connectivity index (χ2v) is 2.56. The number of ether oxygens (including phenoxy) is 1. The summed E-state index contributed by atoms with van der Waals surface area (Å²) < 4.78 is 5.06.